The standard InChI is InChI=1S/C36H43N3O6/c1-5-23-15-22(3)16-24(6-2)33(23)37-31(40)20-39-19-28(26-17-29(43-4)35-30(18-26)44-21-45-35)32(36(41)42)34(39)25-9-11-27(12-10-25)38-13-7-8-14-38/h9-12,15-18,28,32,34H,5-8,13-14,19-21H2,1-4H3,(H,37,40)(H,41,42)/t28-,32?,34+/m1/s1. The van der Waals surface area contributed by atoms with Crippen molar-refractivity contribution < 1.29 is 28.9 Å². The number of aryl methyl sites for hydroxylation is 3. The highest BCUT2D eigenvalue weighted by Crippen LogP contribution is 2.50. The van der Waals surface area contributed by atoms with Crippen LogP contribution in [-0.2, 0) is 22.4 Å². The van der Waals surface area contributed by atoms with Crippen molar-refractivity contribution in [2.45, 2.75) is 58.4 Å². The molecular weight excluding hydrogens is 570 g/mol. The monoisotopic (exact) mass is 613 g/mol. The first-order valence-electron chi connectivity index (χ1n) is 16.0. The van der Waals surface area contributed by atoms with Gasteiger partial charge in [0.1, 0.15) is 0 Å². The minimum Gasteiger partial charge on any atom is -0.493 e. The number of likely N-dealkylation sites (tertiary alicyclic amines) is 1. The minimum absolute atomic E-state index is 0.0562. The Bertz CT molecular complexity index is 1540. The van der Waals surface area contributed by atoms with Gasteiger partial charge in [-0.2, -0.15) is 0 Å². The van der Waals surface area contributed by atoms with Gasteiger partial charge in [0.25, 0.3) is 0 Å². The molecule has 3 aliphatic rings. The van der Waals surface area contributed by atoms with E-state index < -0.39 is 23.8 Å². The molecule has 9 nitrogen and oxygen atoms in total. The van der Waals surface area contributed by atoms with E-state index in [2.05, 4.69) is 55.3 Å². The van der Waals surface area contributed by atoms with E-state index in [0.717, 1.165) is 59.6 Å². The van der Waals surface area contributed by atoms with Gasteiger partial charge in [-0.3, -0.25) is 14.5 Å². The number of benzene rings is 3. The van der Waals surface area contributed by atoms with Crippen LogP contribution in [0.1, 0.15) is 66.5 Å². The second kappa shape index (κ2) is 13.0. The van der Waals surface area contributed by atoms with Crippen LogP contribution in [-0.4, -0.2) is 62.0 Å². The van der Waals surface area contributed by atoms with Crippen LogP contribution in [0.4, 0.5) is 11.4 Å². The summed E-state index contributed by atoms with van der Waals surface area (Å²) in [6, 6.07) is 15.7. The van der Waals surface area contributed by atoms with Gasteiger partial charge in [-0.05, 0) is 79.1 Å². The molecule has 3 aromatic carbocycles. The fourth-order valence-electron chi connectivity index (χ4n) is 7.37. The lowest BCUT2D eigenvalue weighted by molar-refractivity contribution is -0.143. The van der Waals surface area contributed by atoms with Gasteiger partial charge in [0.2, 0.25) is 18.4 Å². The molecule has 3 aliphatic heterocycles. The maximum absolute atomic E-state index is 13.8. The maximum Gasteiger partial charge on any atom is 0.309 e. The van der Waals surface area contributed by atoms with Crippen LogP contribution in [0.15, 0.2) is 48.5 Å². The van der Waals surface area contributed by atoms with E-state index in [9.17, 15) is 14.7 Å². The SMILES string of the molecule is CCc1cc(C)cc(CC)c1NC(=O)CN1C[C@H](c2cc(OC)c3c(c2)OCO3)C(C(=O)O)[C@@H]1c1ccc(N2CCCC2)cc1. The van der Waals surface area contributed by atoms with Crippen molar-refractivity contribution in [2.75, 3.05) is 50.3 Å². The van der Waals surface area contributed by atoms with Crippen LogP contribution < -0.4 is 24.4 Å². The van der Waals surface area contributed by atoms with Crippen molar-refractivity contribution in [1.29, 1.82) is 0 Å². The number of rotatable bonds is 10. The number of methoxy groups -OCH3 is 1. The summed E-state index contributed by atoms with van der Waals surface area (Å²) in [5, 5.41) is 14.0. The molecule has 0 radical (unpaired) electrons. The molecular formula is C36H43N3O6. The minimum atomic E-state index is -0.909. The second-order valence-electron chi connectivity index (χ2n) is 12.3. The molecule has 1 unspecified atom stereocenters. The van der Waals surface area contributed by atoms with Gasteiger partial charge in [0, 0.05) is 43.0 Å². The van der Waals surface area contributed by atoms with Crippen molar-refractivity contribution in [3.05, 3.63) is 76.3 Å². The Labute approximate surface area is 265 Å². The number of anilines is 2. The molecule has 6 rings (SSSR count). The molecule has 0 saturated carbocycles. The summed E-state index contributed by atoms with van der Waals surface area (Å²) in [6.45, 7) is 8.83. The Hall–Kier alpha value is -4.24. The van der Waals surface area contributed by atoms with Gasteiger partial charge in [-0.25, -0.2) is 0 Å². The summed E-state index contributed by atoms with van der Waals surface area (Å²) in [4.78, 5) is 31.3. The molecule has 0 aliphatic carbocycles. The number of ether oxygens (including phenoxy) is 3. The first-order valence-corrected chi connectivity index (χ1v) is 16.0. The third kappa shape index (κ3) is 6.06. The quantitative estimate of drug-likeness (QED) is 0.290. The van der Waals surface area contributed by atoms with Crippen molar-refractivity contribution in [2.24, 2.45) is 5.92 Å². The lowest BCUT2D eigenvalue weighted by Crippen LogP contribution is -2.35. The summed E-state index contributed by atoms with van der Waals surface area (Å²) >= 11 is 0. The molecule has 3 atom stereocenters. The highest BCUT2D eigenvalue weighted by molar-refractivity contribution is 5.94. The van der Waals surface area contributed by atoms with Gasteiger partial charge < -0.3 is 29.5 Å². The van der Waals surface area contributed by atoms with Gasteiger partial charge >= 0.3 is 5.97 Å². The number of aliphatic carboxylic acids is 1. The molecule has 2 saturated heterocycles. The normalized spacial score (nSPS) is 20.9. The van der Waals surface area contributed by atoms with Gasteiger partial charge in [0.15, 0.2) is 11.5 Å². The van der Waals surface area contributed by atoms with Gasteiger partial charge in [0.05, 0.1) is 19.6 Å². The fraction of sp³-hybridized carbons (Fsp3) is 0.444. The van der Waals surface area contributed by atoms with Crippen molar-refractivity contribution in [3.8, 4) is 17.2 Å². The number of amides is 1. The molecule has 3 aromatic rings. The van der Waals surface area contributed by atoms with E-state index in [1.807, 2.05) is 29.2 Å². The van der Waals surface area contributed by atoms with Crippen molar-refractivity contribution in [3.63, 3.8) is 0 Å². The lowest BCUT2D eigenvalue weighted by atomic mass is 9.82. The zero-order valence-corrected chi connectivity index (χ0v) is 26.6. The molecule has 9 heteroatoms. The molecule has 0 spiro atoms. The maximum atomic E-state index is 13.8. The number of hydrogen-bond acceptors (Lipinski definition) is 7. The Kier molecular flexibility index (Phi) is 8.90. The summed E-state index contributed by atoms with van der Waals surface area (Å²) in [5.41, 5.74) is 7.05. The van der Waals surface area contributed by atoms with E-state index in [1.165, 1.54) is 18.4 Å². The summed E-state index contributed by atoms with van der Waals surface area (Å²) in [7, 11) is 1.56. The average molecular weight is 614 g/mol. The predicted octanol–water partition coefficient (Wildman–Crippen LogP) is 5.94. The zero-order chi connectivity index (χ0) is 31.7. The number of hydrogen-bond donors (Lipinski definition) is 2. The molecule has 45 heavy (non-hydrogen) atoms. The van der Waals surface area contributed by atoms with Crippen LogP contribution in [0.5, 0.6) is 17.2 Å². The van der Waals surface area contributed by atoms with Crippen molar-refractivity contribution >= 4 is 23.3 Å². The first-order chi connectivity index (χ1) is 21.8. The topological polar surface area (TPSA) is 101 Å². The Morgan fingerprint density at radius 2 is 1.67 bits per heavy atom. The number of nitrogens with zero attached hydrogens (tertiary/aromatic N) is 2. The van der Waals surface area contributed by atoms with E-state index in [1.54, 1.807) is 7.11 Å². The van der Waals surface area contributed by atoms with Crippen molar-refractivity contribution in [1.82, 2.24) is 4.90 Å². The second-order valence-corrected chi connectivity index (χ2v) is 12.3. The number of carboxylic acid groups (broad SMARTS) is 1. The van der Waals surface area contributed by atoms with Crippen LogP contribution in [0.3, 0.4) is 0 Å². The molecule has 2 N–H and O–H groups in total. The lowest BCUT2D eigenvalue weighted by Gasteiger charge is -2.28. The number of nitrogens with one attached hydrogen (secondary N) is 1. The number of fused-ring (bicyclic) bond motifs is 1. The van der Waals surface area contributed by atoms with Crippen LogP contribution in [0, 0.1) is 12.8 Å². The summed E-state index contributed by atoms with van der Waals surface area (Å²) < 4.78 is 16.9. The highest BCUT2D eigenvalue weighted by Gasteiger charge is 2.48. The largest absolute Gasteiger partial charge is 0.493 e. The van der Waals surface area contributed by atoms with E-state index in [-0.39, 0.29) is 19.2 Å². The van der Waals surface area contributed by atoms with E-state index in [4.69, 9.17) is 14.2 Å². The number of carboxylic acids is 1. The fourth-order valence-corrected chi connectivity index (χ4v) is 7.37. The molecule has 3 heterocycles. The van der Waals surface area contributed by atoms with E-state index in [0.29, 0.717) is 23.8 Å². The Balaban J connectivity index is 1.36. The molecule has 1 amide bonds. The van der Waals surface area contributed by atoms with Gasteiger partial charge in [-0.1, -0.05) is 43.7 Å². The number of carbonyl (C=O) groups excluding carboxylic acids is 1. The van der Waals surface area contributed by atoms with Crippen LogP contribution >= 0.6 is 0 Å². The van der Waals surface area contributed by atoms with Gasteiger partial charge in [-0.15, -0.1) is 0 Å². The Morgan fingerprint density at radius 3 is 2.29 bits per heavy atom. The first kappa shape index (κ1) is 30.8. The molecule has 0 bridgehead atoms. The van der Waals surface area contributed by atoms with Crippen LogP contribution in [0.25, 0.3) is 0 Å². The number of carbonyl (C=O) groups is 2. The van der Waals surface area contributed by atoms with E-state index >= 15 is 0 Å². The third-order valence-electron chi connectivity index (χ3n) is 9.52. The molecule has 2 fully saturated rings. The third-order valence-corrected chi connectivity index (χ3v) is 9.52. The predicted molar refractivity (Wildman–Crippen MR) is 174 cm³/mol. The summed E-state index contributed by atoms with van der Waals surface area (Å²) in [6.07, 6.45) is 3.95. The molecule has 238 valence electrons. The zero-order valence-electron chi connectivity index (χ0n) is 26.6. The average Bonchev–Trinajstić information content (AvgIpc) is 3.81. The van der Waals surface area contributed by atoms with Crippen LogP contribution in [0.2, 0.25) is 0 Å². The summed E-state index contributed by atoms with van der Waals surface area (Å²) in [5.74, 6) is -0.729. The molecule has 0 aromatic heterocycles. The highest BCUT2D eigenvalue weighted by atomic mass is 16.7. The Morgan fingerprint density at radius 1 is 0.978 bits per heavy atom. The smallest absolute Gasteiger partial charge is 0.309 e.